The number of aliphatic hydroxyl groups is 3. The maximum Gasteiger partial charge on any atom is 0.160 e. The van der Waals surface area contributed by atoms with Crippen molar-refractivity contribution in [2.24, 2.45) is 51.8 Å². The second kappa shape index (κ2) is 18.5. The maximum atomic E-state index is 16.1. The number of rotatable bonds is 9. The summed E-state index contributed by atoms with van der Waals surface area (Å²) in [6, 6.07) is 17.1. The Morgan fingerprint density at radius 3 is 2.53 bits per heavy atom. The summed E-state index contributed by atoms with van der Waals surface area (Å²) in [5.74, 6) is 13.7. The lowest BCUT2D eigenvalue weighted by Gasteiger charge is -2.78. The summed E-state index contributed by atoms with van der Waals surface area (Å²) in [7, 11) is 1.51. The highest BCUT2D eigenvalue weighted by atomic mass is 16.5. The second-order valence-corrected chi connectivity index (χ2v) is 24.7. The van der Waals surface area contributed by atoms with Crippen LogP contribution in [0.3, 0.4) is 0 Å². The molecule has 0 radical (unpaired) electrons. The number of benzene rings is 3. The highest BCUT2D eigenvalue weighted by Crippen LogP contribution is 2.84. The van der Waals surface area contributed by atoms with Gasteiger partial charge in [0.1, 0.15) is 5.78 Å². The number of carbonyl (C=O) groups excluding carboxylic acids is 1. The maximum absolute atomic E-state index is 16.1. The zero-order chi connectivity index (χ0) is 50.5. The molecule has 9 nitrogen and oxygen atoms in total. The van der Waals surface area contributed by atoms with Crippen LogP contribution in [0.15, 0.2) is 66.2 Å². The number of ether oxygens (including phenoxy) is 1. The van der Waals surface area contributed by atoms with Crippen LogP contribution >= 0.6 is 0 Å². The lowest BCUT2D eigenvalue weighted by atomic mass is 9.25. The number of phenolic OH excluding ortho intramolecular Hbond substituents is 3. The molecule has 15 atom stereocenters. The second-order valence-electron chi connectivity index (χ2n) is 24.7. The fourth-order valence-corrected chi connectivity index (χ4v) is 18.8. The third-order valence-electron chi connectivity index (χ3n) is 21.8. The summed E-state index contributed by atoms with van der Waals surface area (Å²) in [5.41, 5.74) is 2.84. The van der Waals surface area contributed by atoms with E-state index in [0.29, 0.717) is 42.9 Å². The van der Waals surface area contributed by atoms with Crippen molar-refractivity contribution >= 4 is 5.78 Å². The first-order chi connectivity index (χ1) is 35.4. The van der Waals surface area contributed by atoms with Gasteiger partial charge in [-0.3, -0.25) is 4.79 Å². The first-order valence-corrected chi connectivity index (χ1v) is 28.4. The molecule has 3 aromatic carbocycles. The highest BCUT2D eigenvalue weighted by Gasteiger charge is 2.81. The van der Waals surface area contributed by atoms with Crippen molar-refractivity contribution in [1.82, 2.24) is 5.32 Å². The lowest BCUT2D eigenvalue weighted by molar-refractivity contribution is -0.196. The molecule has 1 saturated heterocycles. The summed E-state index contributed by atoms with van der Waals surface area (Å²) in [5, 5.41) is 76.6. The SMILES string of the molecule is CCCCC[C@@H]1C(=O)C[C@@H](c2cc(OC)c(O)cc2CO)[C@H](Cc2ccccc2)C#C[C@@H]2CN[C@H]3CC[C@]45C[C@]67CCC[C@@H]6C=C4CC[C@]4(O)CCCC[C@@H]4CC#C[C@@]54C[C@@H]7c5cc(O)c(O)cc5[C@@]34[C@@H]2[C@H]1O. The van der Waals surface area contributed by atoms with Gasteiger partial charge in [0.05, 0.1) is 30.8 Å². The van der Waals surface area contributed by atoms with Crippen LogP contribution in [0.25, 0.3) is 0 Å². The Morgan fingerprint density at radius 2 is 1.73 bits per heavy atom. The number of ketones is 1. The summed E-state index contributed by atoms with van der Waals surface area (Å²) in [6.45, 7) is 2.31. The average Bonchev–Trinajstić information content (AvgIpc) is 3.80. The smallest absolute Gasteiger partial charge is 0.160 e. The Bertz CT molecular complexity index is 2820. The van der Waals surface area contributed by atoms with Crippen LogP contribution in [-0.2, 0) is 23.2 Å². The monoisotopic (exact) mass is 988 g/mol. The number of hydrogen-bond acceptors (Lipinski definition) is 9. The summed E-state index contributed by atoms with van der Waals surface area (Å²) >= 11 is 0. The molecule has 0 aromatic heterocycles. The number of piperidine rings is 1. The molecule has 9 heteroatoms. The number of carbonyl (C=O) groups is 1. The molecule has 4 saturated carbocycles. The Labute approximate surface area is 432 Å². The largest absolute Gasteiger partial charge is 0.504 e. The number of allylic oxidation sites excluding steroid dienone is 2. The number of unbranched alkanes of at least 4 members (excludes halogenated alkanes) is 2. The first-order valence-electron chi connectivity index (χ1n) is 28.4. The Morgan fingerprint density at radius 1 is 0.890 bits per heavy atom. The molecular formula is C64H77NO8. The Kier molecular flexibility index (Phi) is 12.5. The van der Waals surface area contributed by atoms with Gasteiger partial charge < -0.3 is 40.7 Å². The summed E-state index contributed by atoms with van der Waals surface area (Å²) in [4.78, 5) is 16.1. The van der Waals surface area contributed by atoms with Crippen LogP contribution in [0.4, 0.5) is 0 Å². The van der Waals surface area contributed by atoms with Gasteiger partial charge in [-0.1, -0.05) is 105 Å². The third-order valence-corrected chi connectivity index (χ3v) is 21.8. The zero-order valence-corrected chi connectivity index (χ0v) is 43.1. The van der Waals surface area contributed by atoms with Crippen molar-refractivity contribution in [3.63, 3.8) is 0 Å². The van der Waals surface area contributed by atoms with Gasteiger partial charge in [0.15, 0.2) is 23.0 Å². The standard InChI is InChI=1S/C64H77NO8/c1-3-4-6-18-46-52(67)31-47(48-33-56(73-2)55(70)29-42(48)37-66)40(28-39-13-7-5-8-14-39)19-20-41-36-65-57-22-26-61-38-60-23-11-17-44(60)30-45(61)21-27-62(72)24-10-9-15-43(62)16-12-25-63(61)35-51(60)49-32-53(68)54(69)34-50(49)64(57,63)58(41)59(46)71/h5,7-8,13-14,29-30,32-34,40-41,43-44,46-47,51,57-59,65-66,68-72H,3-4,6,9-11,15-18,21-24,26-28,31,35-38H2,1-2H3/t40-,41+,43+,44+,46+,47+,51+,57-,58-,59-,60+,61-,62+,63+,64-/m0/s1. The van der Waals surface area contributed by atoms with Gasteiger partial charge in [-0.05, 0) is 152 Å². The predicted molar refractivity (Wildman–Crippen MR) is 281 cm³/mol. The van der Waals surface area contributed by atoms with Crippen molar-refractivity contribution in [2.75, 3.05) is 13.7 Å². The molecule has 8 aliphatic carbocycles. The molecule has 0 amide bonds. The number of fused-ring (bicyclic) bond motifs is 5. The van der Waals surface area contributed by atoms with Gasteiger partial charge in [0.25, 0.3) is 0 Å². The van der Waals surface area contributed by atoms with Crippen LogP contribution < -0.4 is 10.1 Å². The predicted octanol–water partition coefficient (Wildman–Crippen LogP) is 10.4. The molecule has 1 aliphatic heterocycles. The van der Waals surface area contributed by atoms with Crippen LogP contribution in [0.5, 0.6) is 23.0 Å². The van der Waals surface area contributed by atoms with Gasteiger partial charge in [-0.2, -0.15) is 0 Å². The van der Waals surface area contributed by atoms with E-state index in [1.54, 1.807) is 12.1 Å². The van der Waals surface area contributed by atoms with E-state index >= 15 is 4.79 Å². The fourth-order valence-electron chi connectivity index (χ4n) is 18.8. The number of phenols is 3. The average molecular weight is 988 g/mol. The molecule has 7 N–H and O–H groups in total. The molecule has 1 heterocycles. The van der Waals surface area contributed by atoms with E-state index in [-0.39, 0.29) is 65.1 Å². The van der Waals surface area contributed by atoms with Crippen LogP contribution in [0.1, 0.15) is 169 Å². The van der Waals surface area contributed by atoms with E-state index in [9.17, 15) is 30.6 Å². The minimum Gasteiger partial charge on any atom is -0.504 e. The van der Waals surface area contributed by atoms with E-state index in [1.807, 2.05) is 30.3 Å². The van der Waals surface area contributed by atoms with Crippen molar-refractivity contribution in [1.29, 1.82) is 0 Å². The molecule has 9 aliphatic rings. The van der Waals surface area contributed by atoms with Crippen LogP contribution in [0, 0.1) is 75.4 Å². The minimum absolute atomic E-state index is 0.0368. The lowest BCUT2D eigenvalue weighted by Crippen LogP contribution is -2.80. The van der Waals surface area contributed by atoms with Crippen molar-refractivity contribution < 1.29 is 40.2 Å². The molecule has 12 rings (SSSR count). The van der Waals surface area contributed by atoms with Gasteiger partial charge >= 0.3 is 0 Å². The number of Topliss-reactive ketones (excluding diaryl/α,β-unsaturated/α-hetero) is 1. The summed E-state index contributed by atoms with van der Waals surface area (Å²) < 4.78 is 5.68. The van der Waals surface area contributed by atoms with E-state index in [4.69, 9.17) is 4.74 Å². The van der Waals surface area contributed by atoms with E-state index in [2.05, 4.69) is 54.1 Å². The number of hydrogen-bond donors (Lipinski definition) is 7. The third kappa shape index (κ3) is 7.21. The van der Waals surface area contributed by atoms with Gasteiger partial charge in [-0.25, -0.2) is 0 Å². The van der Waals surface area contributed by atoms with Crippen molar-refractivity contribution in [3.05, 3.63) is 94.1 Å². The molecular weight excluding hydrogens is 911 g/mol. The van der Waals surface area contributed by atoms with Crippen molar-refractivity contribution in [2.45, 2.75) is 177 Å². The molecule has 0 unspecified atom stereocenters. The number of aliphatic hydroxyl groups excluding tert-OH is 2. The van der Waals surface area contributed by atoms with Crippen LogP contribution in [-0.4, -0.2) is 67.8 Å². The minimum atomic E-state index is -1.14. The quantitative estimate of drug-likeness (QED) is 0.0479. The molecule has 4 spiro atoms. The Hall–Kier alpha value is -4.77. The summed E-state index contributed by atoms with van der Waals surface area (Å²) in [6.07, 6.45) is 18.1. The topological polar surface area (TPSA) is 160 Å². The molecule has 3 aromatic rings. The first kappa shape index (κ1) is 49.1. The van der Waals surface area contributed by atoms with E-state index in [0.717, 1.165) is 119 Å². The van der Waals surface area contributed by atoms with E-state index in [1.165, 1.54) is 12.7 Å². The molecule has 386 valence electrons. The Balaban J connectivity index is 1.14. The van der Waals surface area contributed by atoms with Crippen molar-refractivity contribution in [3.8, 4) is 46.7 Å². The molecule has 4 bridgehead atoms. The number of aromatic hydroxyl groups is 3. The van der Waals surface area contributed by atoms with Gasteiger partial charge in [0, 0.05) is 65.8 Å². The molecule has 5 fully saturated rings. The van der Waals surface area contributed by atoms with Gasteiger partial charge in [-0.15, -0.1) is 5.92 Å². The van der Waals surface area contributed by atoms with Crippen LogP contribution in [0.2, 0.25) is 0 Å². The highest BCUT2D eigenvalue weighted by molar-refractivity contribution is 5.83. The van der Waals surface area contributed by atoms with E-state index < -0.39 is 57.5 Å². The van der Waals surface area contributed by atoms with Gasteiger partial charge in [0.2, 0.25) is 0 Å². The number of methoxy groups -OCH3 is 1. The number of nitrogens with one attached hydrogen (secondary N) is 1. The molecule has 73 heavy (non-hydrogen) atoms. The fraction of sp³-hybridized carbons (Fsp3) is 0.609. The zero-order valence-electron chi connectivity index (χ0n) is 43.1. The normalized spacial score (nSPS) is 39.8.